The van der Waals surface area contributed by atoms with E-state index in [1.165, 1.54) is 12.1 Å². The topological polar surface area (TPSA) is 36.1 Å². The molecule has 108 valence electrons. The van der Waals surface area contributed by atoms with Crippen LogP contribution >= 0.6 is 0 Å². The molecule has 4 heteroatoms. The normalized spacial score (nSPS) is 14.3. The van der Waals surface area contributed by atoms with Crippen molar-refractivity contribution in [1.29, 1.82) is 0 Å². The van der Waals surface area contributed by atoms with Crippen molar-refractivity contribution in [2.45, 2.75) is 33.6 Å². The molecule has 1 aromatic carbocycles. The molecule has 3 nitrogen and oxygen atoms in total. The van der Waals surface area contributed by atoms with Gasteiger partial charge in [-0.2, -0.15) is 0 Å². The smallest absolute Gasteiger partial charge is 0.270 e. The van der Waals surface area contributed by atoms with E-state index < -0.39 is 0 Å². The Morgan fingerprint density at radius 1 is 1.25 bits per heavy atom. The first kappa shape index (κ1) is 14.6. The van der Waals surface area contributed by atoms with Gasteiger partial charge in [-0.1, -0.05) is 13.8 Å². The predicted molar refractivity (Wildman–Crippen MR) is 79.5 cm³/mol. The van der Waals surface area contributed by atoms with Crippen LogP contribution in [-0.4, -0.2) is 28.9 Å². The van der Waals surface area contributed by atoms with Gasteiger partial charge in [-0.3, -0.25) is 4.79 Å². The molecular weight excluding hydrogens is 255 g/mol. The van der Waals surface area contributed by atoms with Crippen molar-refractivity contribution in [1.82, 2.24) is 9.88 Å². The summed E-state index contributed by atoms with van der Waals surface area (Å²) in [5.41, 5.74) is 2.25. The zero-order chi connectivity index (χ0) is 14.7. The number of rotatable bonds is 1. The number of aromatic amines is 1. The molecule has 0 aliphatic carbocycles. The zero-order valence-corrected chi connectivity index (χ0v) is 12.3. The van der Waals surface area contributed by atoms with Gasteiger partial charge in [0.2, 0.25) is 0 Å². The number of hydrogen-bond acceptors (Lipinski definition) is 1. The molecule has 0 radical (unpaired) electrons. The average molecular weight is 276 g/mol. The third kappa shape index (κ3) is 2.55. The Balaban J connectivity index is 0.000000704. The minimum absolute atomic E-state index is 0.0293. The Morgan fingerprint density at radius 2 is 1.90 bits per heavy atom. The Bertz CT molecular complexity index is 612. The third-order valence-electron chi connectivity index (χ3n) is 3.63. The summed E-state index contributed by atoms with van der Waals surface area (Å²) in [5, 5.41) is 0.789. The number of halogens is 1. The van der Waals surface area contributed by atoms with Gasteiger partial charge in [-0.15, -0.1) is 0 Å². The average Bonchev–Trinajstić information content (AvgIpc) is 3.10. The van der Waals surface area contributed by atoms with E-state index in [9.17, 15) is 9.18 Å². The number of amides is 1. The summed E-state index contributed by atoms with van der Waals surface area (Å²) in [5.74, 6) is -0.244. The summed E-state index contributed by atoms with van der Waals surface area (Å²) in [6.07, 6.45) is 2.14. The lowest BCUT2D eigenvalue weighted by Gasteiger charge is -2.14. The number of benzene rings is 1. The minimum atomic E-state index is -0.273. The fourth-order valence-corrected chi connectivity index (χ4v) is 2.59. The molecule has 1 aliphatic heterocycles. The van der Waals surface area contributed by atoms with Crippen LogP contribution in [0.15, 0.2) is 18.2 Å². The highest BCUT2D eigenvalue weighted by molar-refractivity contribution is 6.00. The number of aromatic nitrogens is 1. The summed E-state index contributed by atoms with van der Waals surface area (Å²) < 4.78 is 13.2. The zero-order valence-electron chi connectivity index (χ0n) is 12.3. The lowest BCUT2D eigenvalue weighted by molar-refractivity contribution is 0.0787. The van der Waals surface area contributed by atoms with Crippen molar-refractivity contribution in [2.75, 3.05) is 13.1 Å². The van der Waals surface area contributed by atoms with Crippen molar-refractivity contribution in [2.24, 2.45) is 0 Å². The van der Waals surface area contributed by atoms with Crippen LogP contribution in [0, 0.1) is 12.7 Å². The van der Waals surface area contributed by atoms with E-state index >= 15 is 0 Å². The second-order valence-electron chi connectivity index (χ2n) is 4.81. The number of hydrogen-bond donors (Lipinski definition) is 1. The predicted octanol–water partition coefficient (Wildman–Crippen LogP) is 3.88. The molecular formula is C16H21FN2O. The number of H-pyrrole nitrogens is 1. The number of carbonyl (C=O) groups is 1. The van der Waals surface area contributed by atoms with Crippen LogP contribution in [0.2, 0.25) is 0 Å². The van der Waals surface area contributed by atoms with Gasteiger partial charge in [0, 0.05) is 24.0 Å². The molecule has 0 bridgehead atoms. The van der Waals surface area contributed by atoms with Gasteiger partial charge in [-0.25, -0.2) is 4.39 Å². The Labute approximate surface area is 118 Å². The van der Waals surface area contributed by atoms with Gasteiger partial charge in [0.1, 0.15) is 11.5 Å². The number of nitrogens with one attached hydrogen (secondary N) is 1. The van der Waals surface area contributed by atoms with Gasteiger partial charge in [-0.05, 0) is 43.5 Å². The minimum Gasteiger partial charge on any atom is -0.350 e. The summed E-state index contributed by atoms with van der Waals surface area (Å²) in [7, 11) is 0. The van der Waals surface area contributed by atoms with Crippen molar-refractivity contribution >= 4 is 16.8 Å². The quantitative estimate of drug-likeness (QED) is 0.843. The molecule has 20 heavy (non-hydrogen) atoms. The van der Waals surface area contributed by atoms with E-state index in [2.05, 4.69) is 4.98 Å². The fraction of sp³-hybridized carbons (Fsp3) is 0.438. The molecule has 1 amide bonds. The summed E-state index contributed by atoms with van der Waals surface area (Å²) in [6, 6.07) is 4.56. The molecule has 1 aliphatic rings. The summed E-state index contributed by atoms with van der Waals surface area (Å²) in [4.78, 5) is 17.3. The monoisotopic (exact) mass is 276 g/mol. The Morgan fingerprint density at radius 3 is 2.55 bits per heavy atom. The second kappa shape index (κ2) is 6.07. The molecule has 2 heterocycles. The lowest BCUT2D eigenvalue weighted by atomic mass is 10.1. The van der Waals surface area contributed by atoms with E-state index in [4.69, 9.17) is 0 Å². The van der Waals surface area contributed by atoms with Crippen LogP contribution in [0.4, 0.5) is 4.39 Å². The highest BCUT2D eigenvalue weighted by atomic mass is 19.1. The van der Waals surface area contributed by atoms with Gasteiger partial charge >= 0.3 is 0 Å². The first-order valence-corrected chi connectivity index (χ1v) is 7.24. The van der Waals surface area contributed by atoms with Crippen molar-refractivity contribution in [3.05, 3.63) is 35.3 Å². The van der Waals surface area contributed by atoms with Crippen LogP contribution < -0.4 is 0 Å². The van der Waals surface area contributed by atoms with Crippen molar-refractivity contribution in [3.8, 4) is 0 Å². The SMILES string of the molecule is CC.Cc1c(C(=O)N2CCCC2)[nH]c2ccc(F)cc12. The molecule has 0 unspecified atom stereocenters. The highest BCUT2D eigenvalue weighted by Crippen LogP contribution is 2.24. The van der Waals surface area contributed by atoms with Gasteiger partial charge < -0.3 is 9.88 Å². The van der Waals surface area contributed by atoms with Gasteiger partial charge in [0.15, 0.2) is 0 Å². The lowest BCUT2D eigenvalue weighted by Crippen LogP contribution is -2.28. The number of likely N-dealkylation sites (tertiary alicyclic amines) is 1. The third-order valence-corrected chi connectivity index (χ3v) is 3.63. The highest BCUT2D eigenvalue weighted by Gasteiger charge is 2.23. The van der Waals surface area contributed by atoms with Crippen LogP contribution in [0.25, 0.3) is 10.9 Å². The maximum atomic E-state index is 13.2. The molecule has 3 rings (SSSR count). The van der Waals surface area contributed by atoms with Crippen LogP contribution in [0.3, 0.4) is 0 Å². The molecule has 1 saturated heterocycles. The largest absolute Gasteiger partial charge is 0.350 e. The molecule has 0 saturated carbocycles. The van der Waals surface area contributed by atoms with E-state index in [1.807, 2.05) is 25.7 Å². The standard InChI is InChI=1S/C14H15FN2O.C2H6/c1-9-11-8-10(15)4-5-12(11)16-13(9)14(18)17-6-2-3-7-17;1-2/h4-5,8,16H,2-3,6-7H2,1H3;1-2H3. The van der Waals surface area contributed by atoms with E-state index in [0.29, 0.717) is 5.69 Å². The van der Waals surface area contributed by atoms with E-state index in [-0.39, 0.29) is 11.7 Å². The molecule has 1 aromatic heterocycles. The number of nitrogens with zero attached hydrogens (tertiary/aromatic N) is 1. The van der Waals surface area contributed by atoms with Gasteiger partial charge in [0.25, 0.3) is 5.91 Å². The fourth-order valence-electron chi connectivity index (χ4n) is 2.59. The van der Waals surface area contributed by atoms with Crippen LogP contribution in [-0.2, 0) is 0 Å². The van der Waals surface area contributed by atoms with E-state index in [0.717, 1.165) is 42.4 Å². The first-order chi connectivity index (χ1) is 9.66. The van der Waals surface area contributed by atoms with Gasteiger partial charge in [0.05, 0.1) is 0 Å². The van der Waals surface area contributed by atoms with Crippen molar-refractivity contribution < 1.29 is 9.18 Å². The molecule has 1 fully saturated rings. The molecule has 2 aromatic rings. The molecule has 0 atom stereocenters. The number of fused-ring (bicyclic) bond motifs is 1. The maximum absolute atomic E-state index is 13.2. The number of aryl methyl sites for hydroxylation is 1. The summed E-state index contributed by atoms with van der Waals surface area (Å²) in [6.45, 7) is 7.51. The summed E-state index contributed by atoms with van der Waals surface area (Å²) >= 11 is 0. The Hall–Kier alpha value is -1.84. The first-order valence-electron chi connectivity index (χ1n) is 7.24. The number of carbonyl (C=O) groups excluding carboxylic acids is 1. The second-order valence-corrected chi connectivity index (χ2v) is 4.81. The maximum Gasteiger partial charge on any atom is 0.270 e. The van der Waals surface area contributed by atoms with Crippen molar-refractivity contribution in [3.63, 3.8) is 0 Å². The molecule has 1 N–H and O–H groups in total. The molecule has 0 spiro atoms. The van der Waals surface area contributed by atoms with Crippen LogP contribution in [0.5, 0.6) is 0 Å². The van der Waals surface area contributed by atoms with E-state index in [1.54, 1.807) is 6.07 Å². The van der Waals surface area contributed by atoms with Crippen LogP contribution in [0.1, 0.15) is 42.7 Å². The Kier molecular flexibility index (Phi) is 4.42.